The largest absolute Gasteiger partial charge is 0.378 e. The van der Waals surface area contributed by atoms with Gasteiger partial charge < -0.3 is 4.74 Å². The van der Waals surface area contributed by atoms with Crippen LogP contribution in [-0.4, -0.2) is 30.7 Å². The van der Waals surface area contributed by atoms with Crippen molar-refractivity contribution in [1.82, 2.24) is 4.90 Å². The number of hydrogen-bond donors (Lipinski definition) is 0. The lowest BCUT2D eigenvalue weighted by atomic mass is 9.66. The molecule has 1 heterocycles. The van der Waals surface area contributed by atoms with Crippen LogP contribution in [0.2, 0.25) is 0 Å². The molecule has 3 rings (SSSR count). The lowest BCUT2D eigenvalue weighted by Crippen LogP contribution is -2.44. The molecule has 0 radical (unpaired) electrons. The molecule has 0 bridgehead atoms. The summed E-state index contributed by atoms with van der Waals surface area (Å²) in [7, 11) is 0. The Labute approximate surface area is 118 Å². The van der Waals surface area contributed by atoms with Crippen LogP contribution < -0.4 is 0 Å². The van der Waals surface area contributed by atoms with Crippen LogP contribution in [0.3, 0.4) is 0 Å². The van der Waals surface area contributed by atoms with Gasteiger partial charge in [-0.3, -0.25) is 4.90 Å². The minimum atomic E-state index is -0.753. The fraction of sp³-hybridized carbons (Fsp3) is 0.625. The zero-order valence-corrected chi connectivity index (χ0v) is 11.9. The Morgan fingerprint density at radius 2 is 2.15 bits per heavy atom. The van der Waals surface area contributed by atoms with Gasteiger partial charge >= 0.3 is 0 Å². The molecule has 1 spiro atoms. The third kappa shape index (κ3) is 2.59. The Kier molecular flexibility index (Phi) is 3.78. The summed E-state index contributed by atoms with van der Waals surface area (Å²) in [5.74, 6) is -1.45. The Balaban J connectivity index is 1.57. The van der Waals surface area contributed by atoms with Gasteiger partial charge in [0.05, 0.1) is 6.10 Å². The summed E-state index contributed by atoms with van der Waals surface area (Å²) >= 11 is 0. The molecule has 0 aromatic heterocycles. The number of hydrogen-bond acceptors (Lipinski definition) is 2. The van der Waals surface area contributed by atoms with Gasteiger partial charge in [0, 0.05) is 25.3 Å². The number of halogens is 2. The Bertz CT molecular complexity index is 485. The van der Waals surface area contributed by atoms with E-state index >= 15 is 0 Å². The smallest absolute Gasteiger partial charge is 0.163 e. The van der Waals surface area contributed by atoms with Crippen molar-refractivity contribution in [1.29, 1.82) is 0 Å². The molecule has 1 aromatic rings. The highest BCUT2D eigenvalue weighted by molar-refractivity contribution is 5.19. The van der Waals surface area contributed by atoms with Crippen molar-refractivity contribution in [2.75, 3.05) is 19.7 Å². The molecule has 110 valence electrons. The van der Waals surface area contributed by atoms with Gasteiger partial charge in [0.15, 0.2) is 11.6 Å². The second kappa shape index (κ2) is 5.41. The van der Waals surface area contributed by atoms with Crippen molar-refractivity contribution in [3.8, 4) is 0 Å². The van der Waals surface area contributed by atoms with E-state index in [2.05, 4.69) is 4.90 Å². The van der Waals surface area contributed by atoms with Crippen molar-refractivity contribution in [2.24, 2.45) is 5.41 Å². The molecule has 1 aliphatic carbocycles. The first-order valence-corrected chi connectivity index (χ1v) is 7.39. The number of likely N-dealkylation sites (tertiary alicyclic amines) is 1. The van der Waals surface area contributed by atoms with Crippen molar-refractivity contribution < 1.29 is 13.5 Å². The first-order chi connectivity index (χ1) is 9.62. The molecular weight excluding hydrogens is 260 g/mol. The topological polar surface area (TPSA) is 12.5 Å². The predicted molar refractivity (Wildman–Crippen MR) is 73.3 cm³/mol. The molecule has 0 amide bonds. The predicted octanol–water partition coefficient (Wildman–Crippen LogP) is 3.36. The van der Waals surface area contributed by atoms with E-state index in [1.807, 2.05) is 6.92 Å². The summed E-state index contributed by atoms with van der Waals surface area (Å²) in [6.07, 6.45) is 3.78. The maximum Gasteiger partial charge on any atom is 0.163 e. The van der Waals surface area contributed by atoms with Crippen LogP contribution in [-0.2, 0) is 11.3 Å². The molecule has 1 saturated heterocycles. The molecule has 2 fully saturated rings. The molecule has 20 heavy (non-hydrogen) atoms. The quantitative estimate of drug-likeness (QED) is 0.839. The molecule has 1 aromatic carbocycles. The summed E-state index contributed by atoms with van der Waals surface area (Å²) in [5, 5.41) is 0. The number of benzene rings is 1. The van der Waals surface area contributed by atoms with Gasteiger partial charge in [0.1, 0.15) is 0 Å². The van der Waals surface area contributed by atoms with Gasteiger partial charge in [0.2, 0.25) is 0 Å². The Morgan fingerprint density at radius 1 is 1.35 bits per heavy atom. The highest BCUT2D eigenvalue weighted by Crippen LogP contribution is 2.49. The van der Waals surface area contributed by atoms with E-state index in [1.165, 1.54) is 6.07 Å². The summed E-state index contributed by atoms with van der Waals surface area (Å²) < 4.78 is 32.5. The van der Waals surface area contributed by atoms with E-state index in [9.17, 15) is 8.78 Å². The number of nitrogens with zero attached hydrogens (tertiary/aromatic N) is 1. The van der Waals surface area contributed by atoms with E-state index in [0.29, 0.717) is 23.6 Å². The summed E-state index contributed by atoms with van der Waals surface area (Å²) in [4.78, 5) is 2.24. The maximum atomic E-state index is 13.7. The highest BCUT2D eigenvalue weighted by Gasteiger charge is 2.48. The maximum absolute atomic E-state index is 13.7. The van der Waals surface area contributed by atoms with Crippen LogP contribution >= 0.6 is 0 Å². The third-order valence-corrected chi connectivity index (χ3v) is 4.67. The average molecular weight is 281 g/mol. The lowest BCUT2D eigenvalue weighted by molar-refractivity contribution is -0.0718. The zero-order chi connectivity index (χ0) is 14.2. The molecule has 1 saturated carbocycles. The number of rotatable bonds is 4. The minimum Gasteiger partial charge on any atom is -0.378 e. The van der Waals surface area contributed by atoms with E-state index in [4.69, 9.17) is 4.74 Å². The third-order valence-electron chi connectivity index (χ3n) is 4.67. The van der Waals surface area contributed by atoms with Crippen LogP contribution in [0.1, 0.15) is 31.7 Å². The van der Waals surface area contributed by atoms with Gasteiger partial charge in [-0.15, -0.1) is 0 Å². The monoisotopic (exact) mass is 281 g/mol. The van der Waals surface area contributed by atoms with Gasteiger partial charge in [-0.05, 0) is 44.2 Å². The van der Waals surface area contributed by atoms with Crippen LogP contribution in [0.15, 0.2) is 18.2 Å². The van der Waals surface area contributed by atoms with E-state index < -0.39 is 11.6 Å². The summed E-state index contributed by atoms with van der Waals surface area (Å²) in [5.41, 5.74) is 0.826. The molecule has 2 aliphatic rings. The van der Waals surface area contributed by atoms with Crippen molar-refractivity contribution in [3.63, 3.8) is 0 Å². The summed E-state index contributed by atoms with van der Waals surface area (Å²) in [6.45, 7) is 5.25. The molecule has 2 nitrogen and oxygen atoms in total. The molecule has 4 heteroatoms. The molecule has 1 aliphatic heterocycles. The summed E-state index contributed by atoms with van der Waals surface area (Å²) in [6, 6.07) is 4.42. The standard InChI is InChI=1S/C16H21F2NO/c1-2-20-13-8-16(9-13)6-7-19(11-16)10-12-4-3-5-14(17)15(12)18/h3-5,13H,2,6-11H2,1H3. The fourth-order valence-corrected chi connectivity index (χ4v) is 3.67. The lowest BCUT2D eigenvalue weighted by Gasteiger charge is -2.44. The number of ether oxygens (including phenoxy) is 1. The van der Waals surface area contributed by atoms with E-state index in [0.717, 1.165) is 39.0 Å². The normalized spacial score (nSPS) is 29.9. The SMILES string of the molecule is CCOC1CC2(CCN(Cc3cccc(F)c3F)C2)C1. The Hall–Kier alpha value is -1.00. The zero-order valence-electron chi connectivity index (χ0n) is 11.9. The second-order valence-electron chi connectivity index (χ2n) is 6.16. The van der Waals surface area contributed by atoms with Crippen molar-refractivity contribution in [2.45, 2.75) is 38.8 Å². The van der Waals surface area contributed by atoms with E-state index in [1.54, 1.807) is 12.1 Å². The average Bonchev–Trinajstić information content (AvgIpc) is 2.79. The second-order valence-corrected chi connectivity index (χ2v) is 6.16. The van der Waals surface area contributed by atoms with Gasteiger partial charge in [0.25, 0.3) is 0 Å². The van der Waals surface area contributed by atoms with Crippen LogP contribution in [0.5, 0.6) is 0 Å². The fourth-order valence-electron chi connectivity index (χ4n) is 3.67. The van der Waals surface area contributed by atoms with Crippen LogP contribution in [0.4, 0.5) is 8.78 Å². The van der Waals surface area contributed by atoms with Gasteiger partial charge in [-0.2, -0.15) is 0 Å². The van der Waals surface area contributed by atoms with Crippen LogP contribution in [0.25, 0.3) is 0 Å². The molecule has 0 N–H and O–H groups in total. The molecule has 0 atom stereocenters. The highest BCUT2D eigenvalue weighted by atomic mass is 19.2. The van der Waals surface area contributed by atoms with E-state index in [-0.39, 0.29) is 0 Å². The van der Waals surface area contributed by atoms with Crippen LogP contribution in [0, 0.1) is 17.0 Å². The first-order valence-electron chi connectivity index (χ1n) is 7.39. The van der Waals surface area contributed by atoms with Crippen molar-refractivity contribution in [3.05, 3.63) is 35.4 Å². The molecule has 0 unspecified atom stereocenters. The van der Waals surface area contributed by atoms with Gasteiger partial charge in [-0.1, -0.05) is 12.1 Å². The Morgan fingerprint density at radius 3 is 2.90 bits per heavy atom. The molecular formula is C16H21F2NO. The van der Waals surface area contributed by atoms with Gasteiger partial charge in [-0.25, -0.2) is 8.78 Å². The minimum absolute atomic E-state index is 0.365. The van der Waals surface area contributed by atoms with Crippen molar-refractivity contribution >= 4 is 0 Å². The first kappa shape index (κ1) is 14.0.